The molecule has 2 aromatic carbocycles. The van der Waals surface area contributed by atoms with Gasteiger partial charge in [0.15, 0.2) is 5.78 Å². The normalized spacial score (nSPS) is 16.1. The zero-order valence-corrected chi connectivity index (χ0v) is 18.8. The number of halogens is 1. The molecule has 4 nitrogen and oxygen atoms in total. The Labute approximate surface area is 182 Å². The van der Waals surface area contributed by atoms with Crippen LogP contribution in [0.2, 0.25) is 0 Å². The van der Waals surface area contributed by atoms with Crippen molar-refractivity contribution >= 4 is 57.4 Å². The highest BCUT2D eigenvalue weighted by Gasteiger charge is 2.36. The third-order valence-electron chi connectivity index (χ3n) is 4.42. The number of thioether (sulfide) groups is 1. The third kappa shape index (κ3) is 4.72. The van der Waals surface area contributed by atoms with Gasteiger partial charge in [0.25, 0.3) is 11.1 Å². The van der Waals surface area contributed by atoms with Crippen molar-refractivity contribution in [2.75, 3.05) is 6.54 Å². The van der Waals surface area contributed by atoms with Crippen LogP contribution in [0.1, 0.15) is 42.3 Å². The number of carbonyl (C=O) groups is 3. The van der Waals surface area contributed by atoms with Crippen LogP contribution in [0.3, 0.4) is 0 Å². The van der Waals surface area contributed by atoms with E-state index in [0.717, 1.165) is 25.8 Å². The zero-order valence-electron chi connectivity index (χ0n) is 15.9. The van der Waals surface area contributed by atoms with Crippen molar-refractivity contribution < 1.29 is 14.4 Å². The van der Waals surface area contributed by atoms with Gasteiger partial charge in [0.1, 0.15) is 0 Å². The summed E-state index contributed by atoms with van der Waals surface area (Å²) in [7, 11) is 0. The summed E-state index contributed by atoms with van der Waals surface area (Å²) in [6, 6.07) is 15.0. The average molecular weight is 505 g/mol. The lowest BCUT2D eigenvalue weighted by molar-refractivity contribution is -0.122. The first-order valence-corrected chi connectivity index (χ1v) is 10.7. The van der Waals surface area contributed by atoms with Crippen LogP contribution in [0.25, 0.3) is 6.08 Å². The van der Waals surface area contributed by atoms with Crippen molar-refractivity contribution in [2.24, 2.45) is 0 Å². The molecule has 0 atom stereocenters. The van der Waals surface area contributed by atoms with Crippen LogP contribution in [0.15, 0.2) is 53.4 Å². The summed E-state index contributed by atoms with van der Waals surface area (Å²) in [5, 5.41) is -0.415. The molecule has 1 aliphatic rings. The maximum atomic E-state index is 12.6. The van der Waals surface area contributed by atoms with Gasteiger partial charge in [0.05, 0.1) is 11.4 Å². The number of carbonyl (C=O) groups excluding carboxylic acids is 3. The van der Waals surface area contributed by atoms with E-state index >= 15 is 0 Å². The van der Waals surface area contributed by atoms with Crippen molar-refractivity contribution in [3.8, 4) is 0 Å². The Kier molecular flexibility index (Phi) is 6.09. The molecule has 1 heterocycles. The lowest BCUT2D eigenvalue weighted by Gasteiger charge is -2.18. The molecular weight excluding hydrogens is 485 g/mol. The van der Waals surface area contributed by atoms with Crippen molar-refractivity contribution in [3.05, 3.63) is 73.7 Å². The number of amides is 2. The number of imide groups is 1. The van der Waals surface area contributed by atoms with Crippen LogP contribution in [0.4, 0.5) is 4.79 Å². The van der Waals surface area contributed by atoms with E-state index in [0.29, 0.717) is 10.5 Å². The Bertz CT molecular complexity index is 957. The van der Waals surface area contributed by atoms with Gasteiger partial charge in [-0.15, -0.1) is 0 Å². The highest BCUT2D eigenvalue weighted by atomic mass is 127. The Hall–Kier alpha value is -1.93. The Morgan fingerprint density at radius 3 is 2.21 bits per heavy atom. The fraction of sp³-hybridized carbons (Fsp3) is 0.227. The summed E-state index contributed by atoms with van der Waals surface area (Å²) in [4.78, 5) is 38.7. The maximum absolute atomic E-state index is 12.6. The molecule has 1 saturated heterocycles. The van der Waals surface area contributed by atoms with Crippen LogP contribution in [-0.2, 0) is 10.2 Å². The smallest absolute Gasteiger partial charge is 0.292 e. The Morgan fingerprint density at radius 2 is 1.64 bits per heavy atom. The van der Waals surface area contributed by atoms with E-state index < -0.39 is 11.1 Å². The van der Waals surface area contributed by atoms with Crippen LogP contribution >= 0.6 is 34.4 Å². The molecule has 0 spiro atoms. The van der Waals surface area contributed by atoms with Gasteiger partial charge in [-0.25, -0.2) is 0 Å². The minimum Gasteiger partial charge on any atom is -0.292 e. The van der Waals surface area contributed by atoms with Crippen LogP contribution < -0.4 is 0 Å². The summed E-state index contributed by atoms with van der Waals surface area (Å²) in [5.41, 5.74) is 2.58. The number of benzene rings is 2. The minimum atomic E-state index is -0.422. The molecule has 0 bridgehead atoms. The minimum absolute atomic E-state index is 0.0479. The molecule has 6 heteroatoms. The van der Waals surface area contributed by atoms with Crippen molar-refractivity contribution in [1.82, 2.24) is 4.90 Å². The summed E-state index contributed by atoms with van der Waals surface area (Å²) >= 11 is 3.03. The largest absolute Gasteiger partial charge is 0.293 e. The van der Waals surface area contributed by atoms with Gasteiger partial charge < -0.3 is 0 Å². The summed E-state index contributed by atoms with van der Waals surface area (Å²) in [6.07, 6.45) is 1.70. The van der Waals surface area contributed by atoms with Gasteiger partial charge in [-0.2, -0.15) is 0 Å². The Morgan fingerprint density at radius 1 is 1.04 bits per heavy atom. The molecule has 1 fully saturated rings. The molecular formula is C22H20INO3S. The van der Waals surface area contributed by atoms with E-state index in [1.54, 1.807) is 18.2 Å². The van der Waals surface area contributed by atoms with Crippen molar-refractivity contribution in [2.45, 2.75) is 26.2 Å². The second-order valence-electron chi connectivity index (χ2n) is 7.57. The topological polar surface area (TPSA) is 54.5 Å². The van der Waals surface area contributed by atoms with Crippen molar-refractivity contribution in [1.29, 1.82) is 0 Å². The first-order valence-electron chi connectivity index (χ1n) is 8.80. The quantitative estimate of drug-likeness (QED) is 0.313. The van der Waals surface area contributed by atoms with Gasteiger partial charge >= 0.3 is 0 Å². The molecule has 2 aromatic rings. The van der Waals surface area contributed by atoms with E-state index in [-0.39, 0.29) is 17.7 Å². The van der Waals surface area contributed by atoms with E-state index in [1.807, 2.05) is 36.4 Å². The number of ketones is 1. The summed E-state index contributed by atoms with van der Waals surface area (Å²) in [6.45, 7) is 6.17. The summed E-state index contributed by atoms with van der Waals surface area (Å²) < 4.78 is 1.01. The molecule has 0 saturated carbocycles. The number of hydrogen-bond donors (Lipinski definition) is 0. The van der Waals surface area contributed by atoms with Gasteiger partial charge in [-0.05, 0) is 69.1 Å². The van der Waals surface area contributed by atoms with E-state index in [2.05, 4.69) is 43.4 Å². The third-order valence-corrected chi connectivity index (χ3v) is 6.04. The van der Waals surface area contributed by atoms with E-state index in [4.69, 9.17) is 0 Å². The monoisotopic (exact) mass is 505 g/mol. The van der Waals surface area contributed by atoms with Gasteiger partial charge in [-0.3, -0.25) is 19.3 Å². The maximum Gasteiger partial charge on any atom is 0.293 e. The predicted molar refractivity (Wildman–Crippen MR) is 121 cm³/mol. The number of nitrogens with zero attached hydrogens (tertiary/aromatic N) is 1. The molecule has 2 amide bonds. The molecule has 0 radical (unpaired) electrons. The second kappa shape index (κ2) is 8.21. The fourth-order valence-electron chi connectivity index (χ4n) is 2.74. The molecule has 1 aliphatic heterocycles. The van der Waals surface area contributed by atoms with Crippen LogP contribution in [-0.4, -0.2) is 28.4 Å². The van der Waals surface area contributed by atoms with E-state index in [9.17, 15) is 14.4 Å². The molecule has 28 heavy (non-hydrogen) atoms. The van der Waals surface area contributed by atoms with Crippen LogP contribution in [0.5, 0.6) is 0 Å². The number of Topliss-reactive ketones (excluding diaryl/α,β-unsaturated/α-hetero) is 1. The number of hydrogen-bond acceptors (Lipinski definition) is 4. The van der Waals surface area contributed by atoms with Crippen molar-refractivity contribution in [3.63, 3.8) is 0 Å². The first-order chi connectivity index (χ1) is 13.1. The standard InChI is InChI=1S/C22H20INO3S/c1-22(2,3)16-8-4-14(5-9-16)12-19-20(26)24(21(27)28-19)13-18(25)15-6-10-17(23)11-7-15/h4-12H,13H2,1-3H3. The molecule has 0 N–H and O–H groups in total. The fourth-order valence-corrected chi connectivity index (χ4v) is 3.94. The zero-order chi connectivity index (χ0) is 20.5. The number of rotatable bonds is 4. The van der Waals surface area contributed by atoms with Gasteiger partial charge in [0.2, 0.25) is 0 Å². The lowest BCUT2D eigenvalue weighted by atomic mass is 9.87. The highest BCUT2D eigenvalue weighted by molar-refractivity contribution is 14.1. The lowest BCUT2D eigenvalue weighted by Crippen LogP contribution is -2.33. The molecule has 144 valence electrons. The molecule has 3 rings (SSSR count). The summed E-state index contributed by atoms with van der Waals surface area (Å²) in [5.74, 6) is -0.678. The first kappa shape index (κ1) is 20.8. The van der Waals surface area contributed by atoms with Gasteiger partial charge in [0, 0.05) is 9.13 Å². The van der Waals surface area contributed by atoms with E-state index in [1.165, 1.54) is 5.56 Å². The SMILES string of the molecule is CC(C)(C)c1ccc(C=C2SC(=O)N(CC(=O)c3ccc(I)cc3)C2=O)cc1. The second-order valence-corrected chi connectivity index (χ2v) is 9.81. The van der Waals surface area contributed by atoms with Crippen LogP contribution in [0, 0.1) is 3.57 Å². The molecule has 0 aromatic heterocycles. The molecule has 0 aliphatic carbocycles. The van der Waals surface area contributed by atoms with Gasteiger partial charge in [-0.1, -0.05) is 57.2 Å². The molecule has 0 unspecified atom stereocenters. The predicted octanol–water partition coefficient (Wildman–Crippen LogP) is 5.51. The Balaban J connectivity index is 1.75. The highest BCUT2D eigenvalue weighted by Crippen LogP contribution is 2.32. The average Bonchev–Trinajstić information content (AvgIpc) is 2.89.